The zero-order valence-electron chi connectivity index (χ0n) is 40.7. The van der Waals surface area contributed by atoms with Crippen LogP contribution in [0.3, 0.4) is 0 Å². The van der Waals surface area contributed by atoms with E-state index in [1.54, 1.807) is 27.2 Å². The number of ether oxygens (including phenoxy) is 1. The van der Waals surface area contributed by atoms with E-state index in [1.165, 1.54) is 16.8 Å². The van der Waals surface area contributed by atoms with Gasteiger partial charge >= 0.3 is 0 Å². The minimum Gasteiger partial charge on any atom is -0.494 e. The standard InChI is InChI=1S/C28H34N6O2.C26H30N6O/c1-19-16-22(30-25-7-5-6-21-10-11-34(20(2)35)28(21)25)17-27(29-19)31-24-9-8-23(18-26(24)36-4)33-14-12-32(3)13-15-33;1-19(33)32-13-11-20-4-3-5-24(26(20)32)28-22-10-12-27-25(18-22)29-21-6-8-23(9-7-21)31-16-14-30(2)15-17-31/h5-9,16-18H,10-15H2,1-4H3,(H2,29,30,31);3-10,12,18H,11,13-17H2,1-2H3,(H2,27,28,29). The normalized spacial score (nSPS) is 15.7. The van der Waals surface area contributed by atoms with Crippen LogP contribution in [0.2, 0.25) is 0 Å². The van der Waals surface area contributed by atoms with E-state index in [2.05, 4.69) is 115 Å². The second kappa shape index (κ2) is 20.9. The Hall–Kier alpha value is -7.36. The molecule has 15 nitrogen and oxygen atoms in total. The minimum absolute atomic E-state index is 0.0587. The van der Waals surface area contributed by atoms with Crippen molar-refractivity contribution < 1.29 is 14.3 Å². The third-order valence-corrected chi connectivity index (χ3v) is 13.3. The molecule has 4 N–H and O–H groups in total. The summed E-state index contributed by atoms with van der Waals surface area (Å²) in [5.41, 5.74) is 13.2. The van der Waals surface area contributed by atoms with Crippen LogP contribution in [0, 0.1) is 6.92 Å². The number of aromatic nitrogens is 2. The zero-order chi connectivity index (χ0) is 48.0. The van der Waals surface area contributed by atoms with Crippen molar-refractivity contribution in [1.29, 1.82) is 0 Å². The third-order valence-electron chi connectivity index (χ3n) is 13.3. The molecule has 6 heterocycles. The van der Waals surface area contributed by atoms with E-state index in [0.29, 0.717) is 0 Å². The highest BCUT2D eigenvalue weighted by atomic mass is 16.5. The fraction of sp³-hybridized carbons (Fsp3) is 0.333. The highest BCUT2D eigenvalue weighted by Crippen LogP contribution is 2.40. The van der Waals surface area contributed by atoms with Gasteiger partial charge in [0.05, 0.1) is 35.5 Å². The highest BCUT2D eigenvalue weighted by Gasteiger charge is 2.27. The maximum absolute atomic E-state index is 12.2. The molecule has 2 fully saturated rings. The van der Waals surface area contributed by atoms with E-state index >= 15 is 0 Å². The Kier molecular flexibility index (Phi) is 14.1. The number of piperazine rings is 2. The van der Waals surface area contributed by atoms with Gasteiger partial charge < -0.3 is 55.4 Å². The largest absolute Gasteiger partial charge is 0.494 e. The van der Waals surface area contributed by atoms with Gasteiger partial charge in [0.1, 0.15) is 17.4 Å². The second-order valence-electron chi connectivity index (χ2n) is 18.3. The second-order valence-corrected chi connectivity index (χ2v) is 18.3. The van der Waals surface area contributed by atoms with Gasteiger partial charge in [0.15, 0.2) is 0 Å². The molecule has 0 aliphatic carbocycles. The summed E-state index contributed by atoms with van der Waals surface area (Å²) >= 11 is 0. The van der Waals surface area contributed by atoms with Crippen LogP contribution in [0.4, 0.5) is 68.5 Å². The molecule has 4 aromatic carbocycles. The number of rotatable bonds is 11. The molecule has 4 aliphatic heterocycles. The average Bonchev–Trinajstić information content (AvgIpc) is 4.00. The summed E-state index contributed by atoms with van der Waals surface area (Å²) in [6, 6.07) is 35.0. The number of anilines is 12. The predicted octanol–water partition coefficient (Wildman–Crippen LogP) is 8.78. The first kappa shape index (κ1) is 46.7. The number of methoxy groups -OCH3 is 1. The molecule has 0 unspecified atom stereocenters. The summed E-state index contributed by atoms with van der Waals surface area (Å²) in [7, 11) is 6.03. The predicted molar refractivity (Wildman–Crippen MR) is 282 cm³/mol. The number of aryl methyl sites for hydroxylation is 1. The van der Waals surface area contributed by atoms with Crippen molar-refractivity contribution in [1.82, 2.24) is 19.8 Å². The molecule has 0 bridgehead atoms. The lowest BCUT2D eigenvalue weighted by Crippen LogP contribution is -2.44. The molecule has 0 radical (unpaired) electrons. The number of amides is 2. The average molecular weight is 929 g/mol. The van der Waals surface area contributed by atoms with Gasteiger partial charge in [-0.1, -0.05) is 24.3 Å². The zero-order valence-corrected chi connectivity index (χ0v) is 40.7. The number of carbonyl (C=O) groups excluding carboxylic acids is 2. The molecule has 6 aromatic rings. The highest BCUT2D eigenvalue weighted by molar-refractivity contribution is 5.99. The maximum atomic E-state index is 12.2. The minimum atomic E-state index is 0.0587. The number of nitrogens with one attached hydrogen (secondary N) is 4. The van der Waals surface area contributed by atoms with Crippen LogP contribution in [-0.4, -0.2) is 118 Å². The molecule has 4 aliphatic rings. The number of fused-ring (bicyclic) bond motifs is 2. The fourth-order valence-electron chi connectivity index (χ4n) is 9.59. The van der Waals surface area contributed by atoms with Crippen LogP contribution in [0.25, 0.3) is 0 Å². The van der Waals surface area contributed by atoms with Crippen molar-refractivity contribution in [2.24, 2.45) is 0 Å². The lowest BCUT2D eigenvalue weighted by molar-refractivity contribution is -0.117. The molecule has 69 heavy (non-hydrogen) atoms. The number of carbonyl (C=O) groups is 2. The number of hydrogen-bond acceptors (Lipinski definition) is 13. The van der Waals surface area contributed by atoms with Crippen LogP contribution in [-0.2, 0) is 22.4 Å². The quantitative estimate of drug-likeness (QED) is 0.0987. The van der Waals surface area contributed by atoms with Gasteiger partial charge in [-0.3, -0.25) is 9.59 Å². The Bertz CT molecular complexity index is 2790. The van der Waals surface area contributed by atoms with E-state index in [4.69, 9.17) is 9.72 Å². The number of benzene rings is 4. The summed E-state index contributed by atoms with van der Waals surface area (Å²) in [5, 5.41) is 13.9. The monoisotopic (exact) mass is 929 g/mol. The van der Waals surface area contributed by atoms with Gasteiger partial charge in [0.25, 0.3) is 0 Å². The SMILES string of the molecule is CC(=O)N1CCc2cccc(Nc3ccnc(Nc4ccc(N5CCN(C)CC5)cc4)c3)c21.COc1cc(N2CCN(C)CC2)ccc1Nc1cc(Nc2cccc3c2N(C(C)=O)CC3)cc(C)n1. The summed E-state index contributed by atoms with van der Waals surface area (Å²) in [4.78, 5) is 46.7. The topological polar surface area (TPSA) is 137 Å². The molecule has 0 saturated carbocycles. The Morgan fingerprint density at radius 2 is 1.09 bits per heavy atom. The molecule has 2 amide bonds. The van der Waals surface area contributed by atoms with Crippen molar-refractivity contribution in [2.75, 3.05) is 128 Å². The molecular formula is C54H64N12O3. The molecule has 0 spiro atoms. The van der Waals surface area contributed by atoms with Crippen LogP contribution < -0.4 is 45.6 Å². The van der Waals surface area contributed by atoms with Crippen molar-refractivity contribution in [3.05, 3.63) is 126 Å². The van der Waals surface area contributed by atoms with Gasteiger partial charge in [-0.2, -0.15) is 0 Å². The number of para-hydroxylation sites is 2. The molecule has 10 rings (SSSR count). The number of pyridine rings is 2. The number of likely N-dealkylation sites (N-methyl/N-ethyl adjacent to an activating group) is 2. The van der Waals surface area contributed by atoms with Crippen LogP contribution in [0.5, 0.6) is 5.75 Å². The van der Waals surface area contributed by atoms with Crippen LogP contribution >= 0.6 is 0 Å². The van der Waals surface area contributed by atoms with E-state index < -0.39 is 0 Å². The lowest BCUT2D eigenvalue weighted by Gasteiger charge is -2.34. The van der Waals surface area contributed by atoms with Crippen molar-refractivity contribution in [3.63, 3.8) is 0 Å². The first-order chi connectivity index (χ1) is 33.5. The summed E-state index contributed by atoms with van der Waals surface area (Å²) in [6.45, 7) is 15.1. The summed E-state index contributed by atoms with van der Waals surface area (Å²) in [6.07, 6.45) is 3.55. The summed E-state index contributed by atoms with van der Waals surface area (Å²) < 4.78 is 5.73. The molecule has 358 valence electrons. The molecule has 2 aromatic heterocycles. The van der Waals surface area contributed by atoms with E-state index in [0.717, 1.165) is 153 Å². The molecular weight excluding hydrogens is 865 g/mol. The molecule has 2 saturated heterocycles. The van der Waals surface area contributed by atoms with Gasteiger partial charge in [-0.25, -0.2) is 9.97 Å². The first-order valence-corrected chi connectivity index (χ1v) is 24.0. The van der Waals surface area contributed by atoms with Gasteiger partial charge in [-0.05, 0) is 106 Å². The van der Waals surface area contributed by atoms with E-state index in [1.807, 2.05) is 65.3 Å². The number of nitrogens with zero attached hydrogens (tertiary/aromatic N) is 8. The van der Waals surface area contributed by atoms with E-state index in [-0.39, 0.29) is 11.8 Å². The third kappa shape index (κ3) is 11.0. The lowest BCUT2D eigenvalue weighted by atomic mass is 10.1. The van der Waals surface area contributed by atoms with Gasteiger partial charge in [0, 0.05) is 138 Å². The van der Waals surface area contributed by atoms with Gasteiger partial charge in [-0.15, -0.1) is 0 Å². The Labute approximate surface area is 406 Å². The van der Waals surface area contributed by atoms with Crippen molar-refractivity contribution >= 4 is 80.3 Å². The maximum Gasteiger partial charge on any atom is 0.223 e. The first-order valence-electron chi connectivity index (χ1n) is 24.0. The van der Waals surface area contributed by atoms with Gasteiger partial charge in [0.2, 0.25) is 11.8 Å². The smallest absolute Gasteiger partial charge is 0.223 e. The van der Waals surface area contributed by atoms with Crippen molar-refractivity contribution in [3.8, 4) is 5.75 Å². The molecule has 15 heteroatoms. The van der Waals surface area contributed by atoms with Crippen LogP contribution in [0.1, 0.15) is 30.7 Å². The van der Waals surface area contributed by atoms with Crippen LogP contribution in [0.15, 0.2) is 109 Å². The Morgan fingerprint density at radius 3 is 1.67 bits per heavy atom. The Balaban J connectivity index is 0.000000172. The van der Waals surface area contributed by atoms with E-state index in [9.17, 15) is 9.59 Å². The fourth-order valence-corrected chi connectivity index (χ4v) is 9.59. The summed E-state index contributed by atoms with van der Waals surface area (Å²) in [5.74, 6) is 2.40. The Morgan fingerprint density at radius 1 is 0.536 bits per heavy atom. The number of hydrogen-bond donors (Lipinski definition) is 4. The molecule has 0 atom stereocenters. The van der Waals surface area contributed by atoms with Crippen molar-refractivity contribution in [2.45, 2.75) is 33.6 Å².